The Morgan fingerprint density at radius 2 is 2.12 bits per heavy atom. The molecule has 1 amide bonds. The average Bonchev–Trinajstić information content (AvgIpc) is 3.11. The molecule has 0 bridgehead atoms. The SMILES string of the molecule is COc1ccc(OC)c(C2=NO[C@@H](C(=O)N3CCCC[C@@H]3C)C2)c1. The minimum Gasteiger partial charge on any atom is -0.497 e. The summed E-state index contributed by atoms with van der Waals surface area (Å²) in [5.41, 5.74) is 1.52. The third-order valence-electron chi connectivity index (χ3n) is 4.75. The Morgan fingerprint density at radius 3 is 2.83 bits per heavy atom. The fourth-order valence-corrected chi connectivity index (χ4v) is 3.32. The summed E-state index contributed by atoms with van der Waals surface area (Å²) in [4.78, 5) is 20.1. The molecule has 0 aliphatic carbocycles. The first-order valence-electron chi connectivity index (χ1n) is 8.39. The second-order valence-electron chi connectivity index (χ2n) is 6.28. The number of amides is 1. The van der Waals surface area contributed by atoms with Crippen LogP contribution in [0.5, 0.6) is 11.5 Å². The van der Waals surface area contributed by atoms with Crippen LogP contribution in [0.25, 0.3) is 0 Å². The molecule has 2 atom stereocenters. The number of likely N-dealkylation sites (tertiary alicyclic amines) is 1. The number of benzene rings is 1. The smallest absolute Gasteiger partial charge is 0.267 e. The minimum atomic E-state index is -0.545. The molecule has 1 fully saturated rings. The molecule has 1 aromatic rings. The Labute approximate surface area is 142 Å². The van der Waals surface area contributed by atoms with Gasteiger partial charge in [0.15, 0.2) is 0 Å². The third kappa shape index (κ3) is 3.18. The highest BCUT2D eigenvalue weighted by Crippen LogP contribution is 2.29. The fraction of sp³-hybridized carbons (Fsp3) is 0.556. The van der Waals surface area contributed by atoms with Gasteiger partial charge >= 0.3 is 0 Å². The van der Waals surface area contributed by atoms with Crippen molar-refractivity contribution in [3.8, 4) is 11.5 Å². The van der Waals surface area contributed by atoms with E-state index in [-0.39, 0.29) is 11.9 Å². The second kappa shape index (κ2) is 7.11. The van der Waals surface area contributed by atoms with Crippen molar-refractivity contribution in [1.29, 1.82) is 0 Å². The molecule has 3 rings (SSSR count). The van der Waals surface area contributed by atoms with Gasteiger partial charge in [-0.3, -0.25) is 4.79 Å². The lowest BCUT2D eigenvalue weighted by Gasteiger charge is -2.34. The van der Waals surface area contributed by atoms with Crippen molar-refractivity contribution in [2.24, 2.45) is 5.16 Å². The lowest BCUT2D eigenvalue weighted by molar-refractivity contribution is -0.145. The summed E-state index contributed by atoms with van der Waals surface area (Å²) < 4.78 is 10.7. The zero-order valence-corrected chi connectivity index (χ0v) is 14.4. The molecule has 130 valence electrons. The predicted octanol–water partition coefficient (Wildman–Crippen LogP) is 2.60. The highest BCUT2D eigenvalue weighted by atomic mass is 16.6. The normalized spacial score (nSPS) is 23.5. The van der Waals surface area contributed by atoms with Crippen LogP contribution in [0.3, 0.4) is 0 Å². The monoisotopic (exact) mass is 332 g/mol. The van der Waals surface area contributed by atoms with E-state index in [9.17, 15) is 4.79 Å². The minimum absolute atomic E-state index is 0.0304. The number of nitrogens with zero attached hydrogens (tertiary/aromatic N) is 2. The van der Waals surface area contributed by atoms with Gasteiger partial charge < -0.3 is 19.2 Å². The molecule has 2 aliphatic rings. The topological polar surface area (TPSA) is 60.4 Å². The molecule has 0 aromatic heterocycles. The summed E-state index contributed by atoms with van der Waals surface area (Å²) in [5, 5.41) is 4.15. The van der Waals surface area contributed by atoms with Crippen LogP contribution in [-0.2, 0) is 9.63 Å². The van der Waals surface area contributed by atoms with Gasteiger partial charge in [0.05, 0.1) is 19.9 Å². The summed E-state index contributed by atoms with van der Waals surface area (Å²) >= 11 is 0. The van der Waals surface area contributed by atoms with Crippen LogP contribution in [0.4, 0.5) is 0 Å². The zero-order chi connectivity index (χ0) is 17.1. The molecule has 0 radical (unpaired) electrons. The van der Waals surface area contributed by atoms with Crippen molar-refractivity contribution in [3.05, 3.63) is 23.8 Å². The van der Waals surface area contributed by atoms with Gasteiger partial charge in [-0.15, -0.1) is 0 Å². The van der Waals surface area contributed by atoms with E-state index in [1.54, 1.807) is 14.2 Å². The summed E-state index contributed by atoms with van der Waals surface area (Å²) in [7, 11) is 3.22. The van der Waals surface area contributed by atoms with E-state index in [2.05, 4.69) is 12.1 Å². The lowest BCUT2D eigenvalue weighted by Crippen LogP contribution is -2.47. The van der Waals surface area contributed by atoms with Gasteiger partial charge in [-0.25, -0.2) is 0 Å². The van der Waals surface area contributed by atoms with Crippen molar-refractivity contribution in [1.82, 2.24) is 4.90 Å². The number of oxime groups is 1. The van der Waals surface area contributed by atoms with E-state index in [1.165, 1.54) is 6.42 Å². The number of carbonyl (C=O) groups excluding carboxylic acids is 1. The molecule has 2 heterocycles. The molecule has 0 saturated carbocycles. The molecule has 6 heteroatoms. The summed E-state index contributed by atoms with van der Waals surface area (Å²) in [6, 6.07) is 5.79. The Morgan fingerprint density at radius 1 is 1.29 bits per heavy atom. The van der Waals surface area contributed by atoms with Crippen LogP contribution in [0, 0.1) is 0 Å². The zero-order valence-electron chi connectivity index (χ0n) is 14.4. The van der Waals surface area contributed by atoms with Crippen molar-refractivity contribution in [2.75, 3.05) is 20.8 Å². The highest BCUT2D eigenvalue weighted by Gasteiger charge is 2.35. The molecular weight excluding hydrogens is 308 g/mol. The number of carbonyl (C=O) groups is 1. The maximum atomic E-state index is 12.7. The van der Waals surface area contributed by atoms with E-state index in [0.29, 0.717) is 23.6 Å². The lowest BCUT2D eigenvalue weighted by atomic mass is 10.00. The van der Waals surface area contributed by atoms with E-state index in [0.717, 1.165) is 24.9 Å². The second-order valence-corrected chi connectivity index (χ2v) is 6.28. The molecule has 1 aromatic carbocycles. The van der Waals surface area contributed by atoms with E-state index >= 15 is 0 Å². The molecule has 24 heavy (non-hydrogen) atoms. The number of methoxy groups -OCH3 is 2. The quantitative estimate of drug-likeness (QED) is 0.850. The Balaban J connectivity index is 1.74. The first-order valence-corrected chi connectivity index (χ1v) is 8.39. The van der Waals surface area contributed by atoms with E-state index in [1.807, 2.05) is 23.1 Å². The largest absolute Gasteiger partial charge is 0.497 e. The van der Waals surface area contributed by atoms with E-state index < -0.39 is 6.10 Å². The number of piperidine rings is 1. The van der Waals surface area contributed by atoms with Crippen LogP contribution in [0.15, 0.2) is 23.4 Å². The van der Waals surface area contributed by atoms with E-state index in [4.69, 9.17) is 14.3 Å². The summed E-state index contributed by atoms with van der Waals surface area (Å²) in [6.07, 6.45) is 3.19. The average molecular weight is 332 g/mol. The summed E-state index contributed by atoms with van der Waals surface area (Å²) in [5.74, 6) is 1.44. The number of ether oxygens (including phenoxy) is 2. The first-order chi connectivity index (χ1) is 11.6. The molecule has 2 aliphatic heterocycles. The maximum Gasteiger partial charge on any atom is 0.267 e. The molecular formula is C18H24N2O4. The molecule has 1 saturated heterocycles. The number of hydrogen-bond donors (Lipinski definition) is 0. The standard InChI is InChI=1S/C18H24N2O4/c1-12-6-4-5-9-20(12)18(21)17-11-15(19-24-17)14-10-13(22-2)7-8-16(14)23-3/h7-8,10,12,17H,4-6,9,11H2,1-3H3/t12-,17+/m0/s1. The van der Waals surface area contributed by atoms with Gasteiger partial charge in [0.25, 0.3) is 5.91 Å². The van der Waals surface area contributed by atoms with Gasteiger partial charge in [-0.1, -0.05) is 5.16 Å². The number of hydrogen-bond acceptors (Lipinski definition) is 5. The molecule has 6 nitrogen and oxygen atoms in total. The molecule has 0 spiro atoms. The van der Waals surface area contributed by atoms with Crippen molar-refractivity contribution in [3.63, 3.8) is 0 Å². The van der Waals surface area contributed by atoms with Crippen molar-refractivity contribution < 1.29 is 19.1 Å². The highest BCUT2D eigenvalue weighted by molar-refractivity contribution is 6.06. The van der Waals surface area contributed by atoms with Gasteiger partial charge in [-0.05, 0) is 44.4 Å². The van der Waals surface area contributed by atoms with Crippen LogP contribution < -0.4 is 9.47 Å². The Hall–Kier alpha value is -2.24. The van der Waals surface area contributed by atoms with Crippen LogP contribution >= 0.6 is 0 Å². The Bertz CT molecular complexity index is 644. The summed E-state index contributed by atoms with van der Waals surface area (Å²) in [6.45, 7) is 2.90. The van der Waals surface area contributed by atoms with Crippen LogP contribution in [0.1, 0.15) is 38.2 Å². The van der Waals surface area contributed by atoms with Gasteiger partial charge in [0.2, 0.25) is 6.10 Å². The van der Waals surface area contributed by atoms with Crippen molar-refractivity contribution >= 4 is 11.6 Å². The van der Waals surface area contributed by atoms with Gasteiger partial charge in [0.1, 0.15) is 11.5 Å². The van der Waals surface area contributed by atoms with Crippen LogP contribution in [-0.4, -0.2) is 49.4 Å². The third-order valence-corrected chi connectivity index (χ3v) is 4.75. The first kappa shape index (κ1) is 16.6. The van der Waals surface area contributed by atoms with Gasteiger partial charge in [0, 0.05) is 24.6 Å². The van der Waals surface area contributed by atoms with Gasteiger partial charge in [-0.2, -0.15) is 0 Å². The Kier molecular flexibility index (Phi) is 4.92. The number of rotatable bonds is 4. The fourth-order valence-electron chi connectivity index (χ4n) is 3.32. The predicted molar refractivity (Wildman–Crippen MR) is 90.6 cm³/mol. The van der Waals surface area contributed by atoms with Crippen molar-refractivity contribution in [2.45, 2.75) is 44.8 Å². The molecule has 0 N–H and O–H groups in total. The van der Waals surface area contributed by atoms with Crippen LogP contribution in [0.2, 0.25) is 0 Å². The molecule has 0 unspecified atom stereocenters. The maximum absolute atomic E-state index is 12.7.